The van der Waals surface area contributed by atoms with Gasteiger partial charge >= 0.3 is 5.69 Å². The molecule has 0 radical (unpaired) electrons. The molecule has 1 aromatic heterocycles. The van der Waals surface area contributed by atoms with Crippen molar-refractivity contribution in [2.45, 2.75) is 38.9 Å². The van der Waals surface area contributed by atoms with Gasteiger partial charge in [0.2, 0.25) is 5.88 Å². The SMILES string of the molecule is Cc1cc(-c2ccc3c(c2)CN(C2CC2)C3=O)ccc1Cn1cc(O)n(C)c1=O. The molecular formula is C23H23N3O3. The third-order valence-corrected chi connectivity index (χ3v) is 6.09. The first-order valence-electron chi connectivity index (χ1n) is 9.91. The molecule has 3 aromatic rings. The molecule has 1 aliphatic carbocycles. The molecule has 1 aliphatic heterocycles. The fourth-order valence-corrected chi connectivity index (χ4v) is 4.13. The van der Waals surface area contributed by atoms with E-state index in [1.807, 2.05) is 36.1 Å². The van der Waals surface area contributed by atoms with Gasteiger partial charge in [0.25, 0.3) is 5.91 Å². The van der Waals surface area contributed by atoms with Crippen molar-refractivity contribution in [3.8, 4) is 17.0 Å². The molecule has 1 saturated carbocycles. The second-order valence-electron chi connectivity index (χ2n) is 8.13. The number of imidazole rings is 1. The number of benzene rings is 2. The van der Waals surface area contributed by atoms with Gasteiger partial charge in [-0.25, -0.2) is 4.79 Å². The number of rotatable bonds is 4. The lowest BCUT2D eigenvalue weighted by Gasteiger charge is -2.13. The Labute approximate surface area is 168 Å². The van der Waals surface area contributed by atoms with Gasteiger partial charge in [0.05, 0.1) is 12.7 Å². The first kappa shape index (κ1) is 17.8. The van der Waals surface area contributed by atoms with E-state index in [2.05, 4.69) is 12.1 Å². The van der Waals surface area contributed by atoms with Crippen LogP contribution in [0.25, 0.3) is 11.1 Å². The van der Waals surface area contributed by atoms with Crippen LogP contribution < -0.4 is 5.69 Å². The number of aromatic hydroxyl groups is 1. The van der Waals surface area contributed by atoms with Crippen LogP contribution >= 0.6 is 0 Å². The summed E-state index contributed by atoms with van der Waals surface area (Å²) in [7, 11) is 1.55. The number of aryl methyl sites for hydroxylation is 1. The van der Waals surface area contributed by atoms with E-state index in [4.69, 9.17) is 0 Å². The lowest BCUT2D eigenvalue weighted by Crippen LogP contribution is -2.25. The average molecular weight is 389 g/mol. The zero-order valence-electron chi connectivity index (χ0n) is 16.6. The first-order valence-corrected chi connectivity index (χ1v) is 9.91. The molecule has 2 aromatic carbocycles. The summed E-state index contributed by atoms with van der Waals surface area (Å²) in [6.07, 6.45) is 3.70. The van der Waals surface area contributed by atoms with Gasteiger partial charge in [-0.2, -0.15) is 0 Å². The molecule has 148 valence electrons. The Bertz CT molecular complexity index is 1200. The Hall–Kier alpha value is -3.28. The van der Waals surface area contributed by atoms with E-state index in [9.17, 15) is 14.7 Å². The standard InChI is InChI=1S/C23H23N3O3/c1-14-9-15(3-4-17(14)11-25-13-21(27)24(2)23(25)29)16-5-8-20-18(10-16)12-26(22(20)28)19-6-7-19/h3-5,8-10,13,19,27H,6-7,11-12H2,1-2H3. The molecule has 0 unspecified atom stereocenters. The lowest BCUT2D eigenvalue weighted by molar-refractivity contribution is 0.0766. The fourth-order valence-electron chi connectivity index (χ4n) is 4.13. The number of amides is 1. The minimum absolute atomic E-state index is 0.0443. The second-order valence-corrected chi connectivity index (χ2v) is 8.13. The molecule has 1 fully saturated rings. The van der Waals surface area contributed by atoms with Crippen molar-refractivity contribution in [3.05, 3.63) is 75.3 Å². The van der Waals surface area contributed by atoms with Crippen molar-refractivity contribution in [3.63, 3.8) is 0 Å². The third kappa shape index (κ3) is 2.95. The monoisotopic (exact) mass is 389 g/mol. The molecule has 29 heavy (non-hydrogen) atoms. The summed E-state index contributed by atoms with van der Waals surface area (Å²) in [5, 5.41) is 9.73. The molecule has 0 atom stereocenters. The second kappa shape index (κ2) is 6.37. The highest BCUT2D eigenvalue weighted by atomic mass is 16.3. The molecule has 1 amide bonds. The molecule has 2 aliphatic rings. The Morgan fingerprint density at radius 3 is 2.45 bits per heavy atom. The third-order valence-electron chi connectivity index (χ3n) is 6.09. The minimum atomic E-state index is -0.241. The molecule has 6 heteroatoms. The van der Waals surface area contributed by atoms with E-state index < -0.39 is 0 Å². The van der Waals surface area contributed by atoms with Crippen LogP contribution in [0.4, 0.5) is 0 Å². The van der Waals surface area contributed by atoms with Crippen molar-refractivity contribution < 1.29 is 9.90 Å². The number of carbonyl (C=O) groups excluding carboxylic acids is 1. The maximum Gasteiger partial charge on any atom is 0.331 e. The van der Waals surface area contributed by atoms with Crippen molar-refractivity contribution in [1.82, 2.24) is 14.0 Å². The lowest BCUT2D eigenvalue weighted by atomic mass is 9.97. The average Bonchev–Trinajstić information content (AvgIpc) is 3.46. The van der Waals surface area contributed by atoms with E-state index in [-0.39, 0.29) is 17.5 Å². The van der Waals surface area contributed by atoms with E-state index >= 15 is 0 Å². The number of nitrogens with zero attached hydrogens (tertiary/aromatic N) is 3. The topological polar surface area (TPSA) is 67.5 Å². The zero-order chi connectivity index (χ0) is 20.3. The number of hydrogen-bond donors (Lipinski definition) is 1. The van der Waals surface area contributed by atoms with Crippen LogP contribution in [0.2, 0.25) is 0 Å². The summed E-state index contributed by atoms with van der Waals surface area (Å²) in [6, 6.07) is 12.7. The highest BCUT2D eigenvalue weighted by molar-refractivity contribution is 5.99. The molecule has 0 bridgehead atoms. The van der Waals surface area contributed by atoms with E-state index in [0.717, 1.165) is 46.2 Å². The zero-order valence-corrected chi connectivity index (χ0v) is 16.6. The quantitative estimate of drug-likeness (QED) is 0.746. The van der Waals surface area contributed by atoms with Crippen molar-refractivity contribution in [2.75, 3.05) is 0 Å². The summed E-state index contributed by atoms with van der Waals surface area (Å²) in [5.74, 6) is 0.120. The van der Waals surface area contributed by atoms with Crippen LogP contribution in [0.15, 0.2) is 47.4 Å². The first-order chi connectivity index (χ1) is 13.9. The number of fused-ring (bicyclic) bond motifs is 1. The molecule has 0 spiro atoms. The van der Waals surface area contributed by atoms with Crippen molar-refractivity contribution in [2.24, 2.45) is 7.05 Å². The molecule has 5 rings (SSSR count). The van der Waals surface area contributed by atoms with Gasteiger partial charge in [0, 0.05) is 25.2 Å². The number of carbonyl (C=O) groups is 1. The molecule has 1 N–H and O–H groups in total. The van der Waals surface area contributed by atoms with Crippen LogP contribution in [0, 0.1) is 6.92 Å². The molecule has 2 heterocycles. The van der Waals surface area contributed by atoms with Gasteiger partial charge in [-0.1, -0.05) is 24.3 Å². The summed E-state index contributed by atoms with van der Waals surface area (Å²) < 4.78 is 2.73. The van der Waals surface area contributed by atoms with Crippen LogP contribution in [0.1, 0.15) is 39.9 Å². The van der Waals surface area contributed by atoms with Gasteiger partial charge in [-0.15, -0.1) is 0 Å². The van der Waals surface area contributed by atoms with Crippen LogP contribution in [0.5, 0.6) is 5.88 Å². The Kier molecular flexibility index (Phi) is 3.91. The Balaban J connectivity index is 1.42. The van der Waals surface area contributed by atoms with Crippen LogP contribution in [-0.4, -0.2) is 31.1 Å². The largest absolute Gasteiger partial charge is 0.493 e. The minimum Gasteiger partial charge on any atom is -0.493 e. The van der Waals surface area contributed by atoms with Crippen molar-refractivity contribution in [1.29, 1.82) is 0 Å². The maximum atomic E-state index is 12.5. The van der Waals surface area contributed by atoms with Crippen molar-refractivity contribution >= 4 is 5.91 Å². The normalized spacial score (nSPS) is 15.8. The van der Waals surface area contributed by atoms with E-state index in [0.29, 0.717) is 19.1 Å². The summed E-state index contributed by atoms with van der Waals surface area (Å²) in [5.41, 5.74) is 5.98. The fraction of sp³-hybridized carbons (Fsp3) is 0.304. The molecule has 6 nitrogen and oxygen atoms in total. The summed E-state index contributed by atoms with van der Waals surface area (Å²) >= 11 is 0. The molecule has 0 saturated heterocycles. The maximum absolute atomic E-state index is 12.5. The summed E-state index contributed by atoms with van der Waals surface area (Å²) in [4.78, 5) is 26.7. The smallest absolute Gasteiger partial charge is 0.331 e. The van der Waals surface area contributed by atoms with Gasteiger partial charge in [0.1, 0.15) is 0 Å². The van der Waals surface area contributed by atoms with Gasteiger partial charge < -0.3 is 10.0 Å². The Morgan fingerprint density at radius 2 is 1.79 bits per heavy atom. The number of aromatic nitrogens is 2. The highest BCUT2D eigenvalue weighted by Gasteiger charge is 2.38. The van der Waals surface area contributed by atoms with Crippen LogP contribution in [-0.2, 0) is 20.1 Å². The highest BCUT2D eigenvalue weighted by Crippen LogP contribution is 2.36. The Morgan fingerprint density at radius 1 is 1.07 bits per heavy atom. The van der Waals surface area contributed by atoms with Gasteiger partial charge in [-0.05, 0) is 59.7 Å². The molecular weight excluding hydrogens is 366 g/mol. The predicted octanol–water partition coefficient (Wildman–Crippen LogP) is 3.03. The van der Waals surface area contributed by atoms with Crippen LogP contribution in [0.3, 0.4) is 0 Å². The predicted molar refractivity (Wildman–Crippen MR) is 110 cm³/mol. The van der Waals surface area contributed by atoms with Gasteiger partial charge in [-0.3, -0.25) is 13.9 Å². The summed E-state index contributed by atoms with van der Waals surface area (Å²) in [6.45, 7) is 3.15. The van der Waals surface area contributed by atoms with E-state index in [1.165, 1.54) is 15.3 Å². The number of hydrogen-bond acceptors (Lipinski definition) is 3. The van der Waals surface area contributed by atoms with E-state index in [1.54, 1.807) is 7.05 Å². The van der Waals surface area contributed by atoms with Gasteiger partial charge in [0.15, 0.2) is 0 Å².